The number of unbranched alkanes of at least 4 members (excludes halogenated alkanes) is 34. The van der Waals surface area contributed by atoms with Crippen LogP contribution < -0.4 is 0 Å². The summed E-state index contributed by atoms with van der Waals surface area (Å²) in [6.07, 6.45) is 44.7. The topological polar surface area (TPSA) is 237 Å². The molecule has 0 spiro atoms. The highest BCUT2D eigenvalue weighted by Gasteiger charge is 2.30. The first-order valence-corrected chi connectivity index (χ1v) is 40.2. The van der Waals surface area contributed by atoms with Crippen molar-refractivity contribution >= 4 is 39.5 Å². The minimum absolute atomic E-state index is 0.102. The van der Waals surface area contributed by atoms with Crippen molar-refractivity contribution < 1.29 is 80.2 Å². The molecule has 0 aromatic heterocycles. The van der Waals surface area contributed by atoms with E-state index in [-0.39, 0.29) is 25.7 Å². The van der Waals surface area contributed by atoms with Crippen LogP contribution in [0, 0.1) is 23.7 Å². The summed E-state index contributed by atoms with van der Waals surface area (Å²) in [7, 11) is -9.90. The van der Waals surface area contributed by atoms with E-state index in [1.807, 2.05) is 0 Å². The maximum Gasteiger partial charge on any atom is 0.472 e. The van der Waals surface area contributed by atoms with E-state index in [0.29, 0.717) is 31.6 Å². The van der Waals surface area contributed by atoms with E-state index in [1.165, 1.54) is 154 Å². The molecule has 3 N–H and O–H groups in total. The van der Waals surface area contributed by atoms with E-state index in [4.69, 9.17) is 37.0 Å². The number of hydrogen-bond donors (Lipinski definition) is 3. The predicted molar refractivity (Wildman–Crippen MR) is 367 cm³/mol. The van der Waals surface area contributed by atoms with Gasteiger partial charge in [0.2, 0.25) is 0 Å². The first-order valence-electron chi connectivity index (χ1n) is 37.2. The predicted octanol–water partition coefficient (Wildman–Crippen LogP) is 20.5. The zero-order valence-corrected chi connectivity index (χ0v) is 61.3. The zero-order valence-electron chi connectivity index (χ0n) is 59.5. The van der Waals surface area contributed by atoms with Gasteiger partial charge in [-0.05, 0) is 49.4 Å². The van der Waals surface area contributed by atoms with Crippen molar-refractivity contribution in [2.24, 2.45) is 23.7 Å². The molecule has 0 amide bonds. The van der Waals surface area contributed by atoms with E-state index >= 15 is 0 Å². The summed E-state index contributed by atoms with van der Waals surface area (Å²) in [6, 6.07) is 0. The van der Waals surface area contributed by atoms with Gasteiger partial charge in [0.25, 0.3) is 0 Å². The minimum Gasteiger partial charge on any atom is -0.462 e. The van der Waals surface area contributed by atoms with Crippen molar-refractivity contribution in [2.75, 3.05) is 39.6 Å². The third kappa shape index (κ3) is 65.1. The Hall–Kier alpha value is -1.94. The van der Waals surface area contributed by atoms with E-state index in [0.717, 1.165) is 114 Å². The Morgan fingerprint density at radius 2 is 0.527 bits per heavy atom. The molecular formula is C72H140O17P2. The second kappa shape index (κ2) is 61.6. The molecule has 6 atom stereocenters. The number of esters is 4. The lowest BCUT2D eigenvalue weighted by Crippen LogP contribution is -2.30. The van der Waals surface area contributed by atoms with Gasteiger partial charge in [0.15, 0.2) is 12.2 Å². The number of phosphoric acid groups is 2. The fourth-order valence-electron chi connectivity index (χ4n) is 10.8. The maximum absolute atomic E-state index is 13.0. The highest BCUT2D eigenvalue weighted by Crippen LogP contribution is 2.45. The number of rotatable bonds is 69. The normalized spacial score (nSPS) is 14.5. The molecule has 17 nitrogen and oxygen atoms in total. The Labute approximate surface area is 556 Å². The van der Waals surface area contributed by atoms with E-state index < -0.39 is 97.5 Å². The highest BCUT2D eigenvalue weighted by atomic mass is 31.2. The lowest BCUT2D eigenvalue weighted by molar-refractivity contribution is -0.161. The van der Waals surface area contributed by atoms with Crippen LogP contribution in [0.1, 0.15) is 357 Å². The van der Waals surface area contributed by atoms with Crippen molar-refractivity contribution in [2.45, 2.75) is 375 Å². The molecule has 0 aliphatic carbocycles. The van der Waals surface area contributed by atoms with Gasteiger partial charge in [-0.3, -0.25) is 37.3 Å². The van der Waals surface area contributed by atoms with Crippen LogP contribution >= 0.6 is 15.6 Å². The van der Waals surface area contributed by atoms with Gasteiger partial charge >= 0.3 is 39.5 Å². The number of aliphatic hydroxyl groups excluding tert-OH is 1. The smallest absolute Gasteiger partial charge is 0.462 e. The molecule has 0 saturated carbocycles. The monoisotopic (exact) mass is 1340 g/mol. The molecule has 0 aromatic rings. The zero-order chi connectivity index (χ0) is 67.5. The summed E-state index contributed by atoms with van der Waals surface area (Å²) < 4.78 is 68.3. The van der Waals surface area contributed by atoms with Gasteiger partial charge in [-0.2, -0.15) is 0 Å². The fraction of sp³-hybridized carbons (Fsp3) is 0.944. The fourth-order valence-corrected chi connectivity index (χ4v) is 12.4. The molecule has 3 unspecified atom stereocenters. The van der Waals surface area contributed by atoms with Gasteiger partial charge in [0.05, 0.1) is 26.4 Å². The average molecular weight is 1340 g/mol. The standard InChI is InChI=1S/C72H140O17P2/c1-9-65(8)51-43-35-30-31-37-45-53-70(75)83-59-68(89-72(77)55-47-39-29-23-26-34-42-50-64(6)7)61-87-91(80,81)85-57-66(73)56-84-90(78,79)86-60-67(88-71(76)54-46-38-28-22-18-20-25-33-41-49-63(4)5)58-82-69(74)52-44-36-27-21-17-15-13-11-10-12-14-16-19-24-32-40-48-62(2)3/h62-68,73H,9-61H2,1-8H3,(H,78,79)(H,80,81)/t65?,66-,67-,68-/m1/s1. The van der Waals surface area contributed by atoms with Gasteiger partial charge in [-0.25, -0.2) is 9.13 Å². The summed E-state index contributed by atoms with van der Waals surface area (Å²) in [5, 5.41) is 10.6. The number of ether oxygens (including phenoxy) is 4. The van der Waals surface area contributed by atoms with Gasteiger partial charge in [-0.15, -0.1) is 0 Å². The minimum atomic E-state index is -4.95. The molecule has 0 rings (SSSR count). The van der Waals surface area contributed by atoms with E-state index in [9.17, 15) is 43.2 Å². The number of aliphatic hydroxyl groups is 1. The number of phosphoric ester groups is 2. The van der Waals surface area contributed by atoms with Crippen LogP contribution in [0.15, 0.2) is 0 Å². The van der Waals surface area contributed by atoms with Crippen LogP contribution in [0.25, 0.3) is 0 Å². The van der Waals surface area contributed by atoms with Crippen molar-refractivity contribution in [1.29, 1.82) is 0 Å². The molecule has 540 valence electrons. The summed E-state index contributed by atoms with van der Waals surface area (Å²) in [5.41, 5.74) is 0. The van der Waals surface area contributed by atoms with Crippen molar-refractivity contribution in [3.05, 3.63) is 0 Å². The van der Waals surface area contributed by atoms with Crippen LogP contribution in [0.3, 0.4) is 0 Å². The van der Waals surface area contributed by atoms with E-state index in [2.05, 4.69) is 55.4 Å². The van der Waals surface area contributed by atoms with Crippen molar-refractivity contribution in [1.82, 2.24) is 0 Å². The molecule has 0 aliphatic heterocycles. The van der Waals surface area contributed by atoms with Crippen molar-refractivity contribution in [3.8, 4) is 0 Å². The third-order valence-electron chi connectivity index (χ3n) is 16.9. The highest BCUT2D eigenvalue weighted by molar-refractivity contribution is 7.47. The quantitative estimate of drug-likeness (QED) is 0.0222. The number of carbonyl (C=O) groups excluding carboxylic acids is 4. The van der Waals surface area contributed by atoms with Crippen LogP contribution in [0.5, 0.6) is 0 Å². The van der Waals surface area contributed by atoms with Crippen molar-refractivity contribution in [3.63, 3.8) is 0 Å². The molecule has 0 aliphatic rings. The molecule has 0 radical (unpaired) electrons. The van der Waals surface area contributed by atoms with Gasteiger partial charge in [-0.1, -0.05) is 306 Å². The summed E-state index contributed by atoms with van der Waals surface area (Å²) >= 11 is 0. The van der Waals surface area contributed by atoms with Crippen LogP contribution in [0.2, 0.25) is 0 Å². The van der Waals surface area contributed by atoms with Gasteiger partial charge in [0.1, 0.15) is 19.3 Å². The second-order valence-corrected chi connectivity index (χ2v) is 30.6. The molecule has 0 saturated heterocycles. The molecule has 0 aromatic carbocycles. The first-order chi connectivity index (χ1) is 43.6. The average Bonchev–Trinajstić information content (AvgIpc) is 3.72. The first kappa shape index (κ1) is 89.1. The third-order valence-corrected chi connectivity index (χ3v) is 18.8. The summed E-state index contributed by atoms with van der Waals surface area (Å²) in [4.78, 5) is 72.6. The largest absolute Gasteiger partial charge is 0.472 e. The van der Waals surface area contributed by atoms with Crippen LogP contribution in [-0.2, 0) is 65.4 Å². The van der Waals surface area contributed by atoms with Crippen LogP contribution in [0.4, 0.5) is 0 Å². The summed E-state index contributed by atoms with van der Waals surface area (Å²) in [5.74, 6) is 0.845. The Kier molecular flexibility index (Phi) is 60.3. The molecule has 0 heterocycles. The van der Waals surface area contributed by atoms with Gasteiger partial charge in [0, 0.05) is 25.7 Å². The Morgan fingerprint density at radius 1 is 0.308 bits per heavy atom. The van der Waals surface area contributed by atoms with Gasteiger partial charge < -0.3 is 33.8 Å². The number of hydrogen-bond acceptors (Lipinski definition) is 15. The lowest BCUT2D eigenvalue weighted by atomic mass is 10.00. The molecule has 91 heavy (non-hydrogen) atoms. The SMILES string of the molecule is CCC(C)CCCCCCCCC(=O)OC[C@H](COP(=O)(O)OC[C@H](O)COP(=O)(O)OC[C@@H](COC(=O)CCCCCCCCCCCCCCCCCCC(C)C)OC(=O)CCCCCCCCCCCC(C)C)OC(=O)CCCCCCCCCC(C)C. The number of carbonyl (C=O) groups is 4. The Balaban J connectivity index is 5.19. The molecule has 0 fully saturated rings. The Bertz CT molecular complexity index is 1800. The molecular weight excluding hydrogens is 1200 g/mol. The summed E-state index contributed by atoms with van der Waals surface area (Å²) in [6.45, 7) is 14.1. The molecule has 0 bridgehead atoms. The molecule has 19 heteroatoms. The lowest BCUT2D eigenvalue weighted by Gasteiger charge is -2.21. The maximum atomic E-state index is 13.0. The Morgan fingerprint density at radius 3 is 0.780 bits per heavy atom. The van der Waals surface area contributed by atoms with E-state index in [1.54, 1.807) is 0 Å². The van der Waals surface area contributed by atoms with Crippen LogP contribution in [-0.4, -0.2) is 96.7 Å². The second-order valence-electron chi connectivity index (χ2n) is 27.6.